The Kier molecular flexibility index (Phi) is 38.5. The molecule has 1 unspecified atom stereocenters. The Morgan fingerprint density at radius 3 is 1.20 bits per heavy atom. The number of allylic oxidation sites excluding steroid dienone is 6. The van der Waals surface area contributed by atoms with E-state index in [9.17, 15) is 14.4 Å². The Hall–Kier alpha value is -2.37. The average molecular weight is 717 g/mol. The van der Waals surface area contributed by atoms with Gasteiger partial charge in [0, 0.05) is 19.3 Å². The summed E-state index contributed by atoms with van der Waals surface area (Å²) in [7, 11) is 0. The van der Waals surface area contributed by atoms with Gasteiger partial charge >= 0.3 is 17.9 Å². The van der Waals surface area contributed by atoms with Gasteiger partial charge in [0.25, 0.3) is 0 Å². The highest BCUT2D eigenvalue weighted by Gasteiger charge is 2.19. The monoisotopic (exact) mass is 717 g/mol. The van der Waals surface area contributed by atoms with E-state index < -0.39 is 6.10 Å². The van der Waals surface area contributed by atoms with Crippen LogP contribution in [0.4, 0.5) is 0 Å². The summed E-state index contributed by atoms with van der Waals surface area (Å²) in [6, 6.07) is 0. The number of carbonyl (C=O) groups is 3. The fourth-order valence-electron chi connectivity index (χ4n) is 5.93. The van der Waals surface area contributed by atoms with Gasteiger partial charge in [-0.2, -0.15) is 0 Å². The van der Waals surface area contributed by atoms with Crippen LogP contribution in [0, 0.1) is 0 Å². The molecule has 0 amide bonds. The third kappa shape index (κ3) is 38.7. The Morgan fingerprint density at radius 1 is 0.412 bits per heavy atom. The lowest BCUT2D eigenvalue weighted by molar-refractivity contribution is -0.167. The van der Waals surface area contributed by atoms with Crippen LogP contribution in [0.1, 0.15) is 213 Å². The molecule has 0 aliphatic heterocycles. The van der Waals surface area contributed by atoms with Crippen LogP contribution in [0.25, 0.3) is 0 Å². The van der Waals surface area contributed by atoms with E-state index in [1.54, 1.807) is 0 Å². The maximum absolute atomic E-state index is 12.6. The van der Waals surface area contributed by atoms with Crippen LogP contribution in [0.5, 0.6) is 0 Å². The van der Waals surface area contributed by atoms with Gasteiger partial charge in [0.05, 0.1) is 0 Å². The summed E-state index contributed by atoms with van der Waals surface area (Å²) < 4.78 is 16.6. The van der Waals surface area contributed by atoms with E-state index in [0.29, 0.717) is 19.3 Å². The molecule has 0 radical (unpaired) electrons. The van der Waals surface area contributed by atoms with Gasteiger partial charge in [-0.15, -0.1) is 0 Å². The second-order valence-electron chi connectivity index (χ2n) is 14.2. The normalized spacial score (nSPS) is 12.3. The van der Waals surface area contributed by atoms with Crippen LogP contribution < -0.4 is 0 Å². The van der Waals surface area contributed by atoms with E-state index in [1.807, 2.05) is 0 Å². The summed E-state index contributed by atoms with van der Waals surface area (Å²) in [5.41, 5.74) is 0. The predicted octanol–water partition coefficient (Wildman–Crippen LogP) is 13.4. The van der Waals surface area contributed by atoms with Gasteiger partial charge in [-0.25, -0.2) is 0 Å². The summed E-state index contributed by atoms with van der Waals surface area (Å²) in [6.45, 7) is 6.42. The van der Waals surface area contributed by atoms with Crippen LogP contribution in [0.15, 0.2) is 36.5 Å². The van der Waals surface area contributed by atoms with E-state index in [0.717, 1.165) is 89.9 Å². The molecule has 51 heavy (non-hydrogen) atoms. The molecule has 0 aromatic rings. The lowest BCUT2D eigenvalue weighted by Crippen LogP contribution is -2.30. The summed E-state index contributed by atoms with van der Waals surface area (Å²) in [6.07, 6.45) is 44.4. The van der Waals surface area contributed by atoms with E-state index >= 15 is 0 Å². The fraction of sp³-hybridized carbons (Fsp3) is 0.800. The Balaban J connectivity index is 4.22. The van der Waals surface area contributed by atoms with E-state index in [4.69, 9.17) is 14.2 Å². The van der Waals surface area contributed by atoms with E-state index in [2.05, 4.69) is 57.2 Å². The second kappa shape index (κ2) is 40.4. The lowest BCUT2D eigenvalue weighted by Gasteiger charge is -2.18. The molecule has 0 N–H and O–H groups in total. The molecule has 0 saturated carbocycles. The van der Waals surface area contributed by atoms with Crippen molar-refractivity contribution in [3.8, 4) is 0 Å². The Morgan fingerprint density at radius 2 is 0.765 bits per heavy atom. The molecular formula is C45H80O6. The number of esters is 3. The first-order chi connectivity index (χ1) is 25.0. The molecule has 6 heteroatoms. The summed E-state index contributed by atoms with van der Waals surface area (Å²) in [4.78, 5) is 37.4. The van der Waals surface area contributed by atoms with Gasteiger partial charge in [0.15, 0.2) is 6.10 Å². The van der Waals surface area contributed by atoms with Crippen molar-refractivity contribution in [3.05, 3.63) is 36.5 Å². The van der Waals surface area contributed by atoms with Gasteiger partial charge in [0.2, 0.25) is 0 Å². The molecule has 0 aromatic heterocycles. The SMILES string of the molecule is CC/C=C\C/C=C\C/C=C\CCCCCCCCCC(=O)OCC(COC(=O)CCCCCCC)OC(=O)CCCCCCCCCCCCC. The molecule has 0 spiro atoms. The highest BCUT2D eigenvalue weighted by molar-refractivity contribution is 5.71. The number of carbonyl (C=O) groups excluding carboxylic acids is 3. The van der Waals surface area contributed by atoms with Crippen LogP contribution in [0.3, 0.4) is 0 Å². The zero-order valence-electron chi connectivity index (χ0n) is 33.6. The van der Waals surface area contributed by atoms with Gasteiger partial charge in [-0.3, -0.25) is 14.4 Å². The van der Waals surface area contributed by atoms with Gasteiger partial charge < -0.3 is 14.2 Å². The van der Waals surface area contributed by atoms with Crippen molar-refractivity contribution in [2.24, 2.45) is 0 Å². The van der Waals surface area contributed by atoms with Crippen LogP contribution in [-0.2, 0) is 28.6 Å². The minimum atomic E-state index is -0.766. The van der Waals surface area contributed by atoms with Crippen molar-refractivity contribution in [2.75, 3.05) is 13.2 Å². The fourth-order valence-corrected chi connectivity index (χ4v) is 5.93. The largest absolute Gasteiger partial charge is 0.462 e. The number of ether oxygens (including phenoxy) is 3. The molecular weight excluding hydrogens is 636 g/mol. The van der Waals surface area contributed by atoms with Crippen LogP contribution in [0.2, 0.25) is 0 Å². The van der Waals surface area contributed by atoms with Crippen molar-refractivity contribution < 1.29 is 28.6 Å². The Labute approximate surface area is 315 Å². The molecule has 0 aliphatic carbocycles. The smallest absolute Gasteiger partial charge is 0.306 e. The van der Waals surface area contributed by atoms with Crippen molar-refractivity contribution in [1.82, 2.24) is 0 Å². The summed E-state index contributed by atoms with van der Waals surface area (Å²) in [5, 5.41) is 0. The third-order valence-electron chi connectivity index (χ3n) is 9.16. The number of hydrogen-bond acceptors (Lipinski definition) is 6. The van der Waals surface area contributed by atoms with Crippen molar-refractivity contribution in [1.29, 1.82) is 0 Å². The highest BCUT2D eigenvalue weighted by Crippen LogP contribution is 2.14. The molecule has 0 heterocycles. The minimum absolute atomic E-state index is 0.0746. The molecule has 0 saturated heterocycles. The standard InChI is InChI=1S/C45H80O6/c1-4-7-10-13-15-17-19-20-21-22-23-24-26-27-29-32-35-38-44(47)50-41-42(40-49-43(46)37-34-31-12-9-6-3)51-45(48)39-36-33-30-28-25-18-16-14-11-8-5-2/h7,10,15,17,20-21,42H,4-6,8-9,11-14,16,18-19,22-41H2,1-3H3/b10-7-,17-15-,21-20-. The molecule has 296 valence electrons. The molecule has 0 rings (SSSR count). The quantitative estimate of drug-likeness (QED) is 0.0274. The first-order valence-electron chi connectivity index (χ1n) is 21.5. The summed E-state index contributed by atoms with van der Waals surface area (Å²) >= 11 is 0. The maximum Gasteiger partial charge on any atom is 0.306 e. The lowest BCUT2D eigenvalue weighted by atomic mass is 10.1. The molecule has 0 fully saturated rings. The van der Waals surface area contributed by atoms with Crippen molar-refractivity contribution in [3.63, 3.8) is 0 Å². The number of rotatable bonds is 38. The highest BCUT2D eigenvalue weighted by atomic mass is 16.6. The molecule has 0 bridgehead atoms. The first kappa shape index (κ1) is 48.6. The average Bonchev–Trinajstić information content (AvgIpc) is 3.12. The molecule has 0 aromatic carbocycles. The molecule has 1 atom stereocenters. The molecule has 0 aliphatic rings. The van der Waals surface area contributed by atoms with Gasteiger partial charge in [-0.05, 0) is 51.4 Å². The summed E-state index contributed by atoms with van der Waals surface area (Å²) in [5.74, 6) is -0.899. The van der Waals surface area contributed by atoms with Crippen molar-refractivity contribution >= 4 is 17.9 Å². The second-order valence-corrected chi connectivity index (χ2v) is 14.2. The third-order valence-corrected chi connectivity index (χ3v) is 9.16. The van der Waals surface area contributed by atoms with Crippen LogP contribution in [-0.4, -0.2) is 37.2 Å². The van der Waals surface area contributed by atoms with Crippen molar-refractivity contribution in [2.45, 2.75) is 219 Å². The predicted molar refractivity (Wildman–Crippen MR) is 215 cm³/mol. The van der Waals surface area contributed by atoms with E-state index in [-0.39, 0.29) is 31.1 Å². The van der Waals surface area contributed by atoms with Crippen LogP contribution >= 0.6 is 0 Å². The zero-order chi connectivity index (χ0) is 37.3. The molecule has 6 nitrogen and oxygen atoms in total. The number of unbranched alkanes of at least 4 members (excludes halogenated alkanes) is 21. The van der Waals surface area contributed by atoms with Gasteiger partial charge in [-0.1, -0.05) is 179 Å². The zero-order valence-corrected chi connectivity index (χ0v) is 33.6. The van der Waals surface area contributed by atoms with E-state index in [1.165, 1.54) is 83.5 Å². The maximum atomic E-state index is 12.6. The topological polar surface area (TPSA) is 78.9 Å². The number of hydrogen-bond donors (Lipinski definition) is 0. The van der Waals surface area contributed by atoms with Gasteiger partial charge in [0.1, 0.15) is 13.2 Å². The minimum Gasteiger partial charge on any atom is -0.462 e. The first-order valence-corrected chi connectivity index (χ1v) is 21.5. The Bertz CT molecular complexity index is 876.